The van der Waals surface area contributed by atoms with E-state index in [1.165, 1.54) is 0 Å². The maximum absolute atomic E-state index is 11.8. The molecule has 1 aliphatic rings. The fraction of sp³-hybridized carbons (Fsp3) is 0.600. The van der Waals surface area contributed by atoms with E-state index in [4.69, 9.17) is 15.2 Å². The van der Waals surface area contributed by atoms with Crippen LogP contribution in [0.3, 0.4) is 0 Å². The molecular formula is C10H16N4O3S. The van der Waals surface area contributed by atoms with Gasteiger partial charge in [0.05, 0.1) is 19.8 Å². The van der Waals surface area contributed by atoms with Crippen LogP contribution < -0.4 is 11.2 Å². The van der Waals surface area contributed by atoms with Crippen molar-refractivity contribution in [2.24, 2.45) is 0 Å². The molecule has 0 radical (unpaired) electrons. The van der Waals surface area contributed by atoms with Gasteiger partial charge in [0.2, 0.25) is 0 Å². The number of esters is 1. The molecule has 1 aliphatic heterocycles. The Labute approximate surface area is 109 Å². The summed E-state index contributed by atoms with van der Waals surface area (Å²) in [7, 11) is 0. The molecule has 0 saturated carbocycles. The van der Waals surface area contributed by atoms with E-state index in [0.717, 1.165) is 24.6 Å². The van der Waals surface area contributed by atoms with Crippen LogP contribution >= 0.6 is 11.5 Å². The zero-order valence-electron chi connectivity index (χ0n) is 10.1. The highest BCUT2D eigenvalue weighted by atomic mass is 32.1. The van der Waals surface area contributed by atoms with Crippen molar-refractivity contribution in [2.45, 2.75) is 6.92 Å². The normalized spacial score (nSPS) is 16.5. The molecule has 2 heterocycles. The highest BCUT2D eigenvalue weighted by Gasteiger charge is 2.22. The summed E-state index contributed by atoms with van der Waals surface area (Å²) < 4.78 is 14.2. The topological polar surface area (TPSA) is 89.7 Å². The average Bonchev–Trinajstić information content (AvgIpc) is 2.72. The van der Waals surface area contributed by atoms with Crippen LogP contribution in [-0.4, -0.2) is 48.3 Å². The van der Waals surface area contributed by atoms with Crippen molar-refractivity contribution in [1.29, 1.82) is 0 Å². The van der Waals surface area contributed by atoms with Gasteiger partial charge in [-0.1, -0.05) is 0 Å². The molecule has 0 aromatic carbocycles. The molecule has 1 saturated heterocycles. The number of nitrogens with zero attached hydrogens (tertiary/aromatic N) is 2. The molecule has 0 aliphatic carbocycles. The number of hydrazine groups is 1. The number of nitrogens with two attached hydrogens (primary N) is 1. The number of anilines is 2. The molecule has 7 nitrogen and oxygen atoms in total. The highest BCUT2D eigenvalue weighted by molar-refractivity contribution is 7.11. The van der Waals surface area contributed by atoms with Crippen molar-refractivity contribution in [3.05, 3.63) is 5.56 Å². The van der Waals surface area contributed by atoms with E-state index in [2.05, 4.69) is 9.80 Å². The molecule has 0 bridgehead atoms. The van der Waals surface area contributed by atoms with E-state index in [0.29, 0.717) is 30.4 Å². The monoisotopic (exact) mass is 272 g/mol. The lowest BCUT2D eigenvalue weighted by molar-refractivity contribution is 0.0490. The summed E-state index contributed by atoms with van der Waals surface area (Å²) in [6, 6.07) is 0. The summed E-state index contributed by atoms with van der Waals surface area (Å²) >= 11 is 1.15. The number of hydrogen-bond acceptors (Lipinski definition) is 8. The Kier molecular flexibility index (Phi) is 4.34. The molecule has 0 amide bonds. The zero-order chi connectivity index (χ0) is 13.0. The summed E-state index contributed by atoms with van der Waals surface area (Å²) in [6.45, 7) is 4.89. The van der Waals surface area contributed by atoms with Crippen molar-refractivity contribution in [3.63, 3.8) is 0 Å². The number of morpholine rings is 1. The van der Waals surface area contributed by atoms with Crippen LogP contribution in [0.5, 0.6) is 0 Å². The number of nitrogens with one attached hydrogen (secondary N) is 1. The van der Waals surface area contributed by atoms with Gasteiger partial charge in [-0.05, 0) is 18.5 Å². The van der Waals surface area contributed by atoms with Gasteiger partial charge in [-0.3, -0.25) is 0 Å². The van der Waals surface area contributed by atoms with Gasteiger partial charge < -0.3 is 20.6 Å². The van der Waals surface area contributed by atoms with Gasteiger partial charge in [0.1, 0.15) is 10.6 Å². The second kappa shape index (κ2) is 5.98. The van der Waals surface area contributed by atoms with E-state index >= 15 is 0 Å². The first kappa shape index (κ1) is 13.1. The highest BCUT2D eigenvalue weighted by Crippen LogP contribution is 2.28. The maximum Gasteiger partial charge on any atom is 0.345 e. The van der Waals surface area contributed by atoms with Gasteiger partial charge >= 0.3 is 5.97 Å². The molecule has 0 unspecified atom stereocenters. The summed E-state index contributed by atoms with van der Waals surface area (Å²) in [6.07, 6.45) is 0. The third-order valence-corrected chi connectivity index (χ3v) is 3.23. The fourth-order valence-corrected chi connectivity index (χ4v) is 2.33. The molecular weight excluding hydrogens is 256 g/mol. The van der Waals surface area contributed by atoms with Crippen molar-refractivity contribution in [1.82, 2.24) is 9.38 Å². The lowest BCUT2D eigenvalue weighted by Gasteiger charge is -2.27. The van der Waals surface area contributed by atoms with E-state index in [1.807, 2.05) is 5.01 Å². The Morgan fingerprint density at radius 2 is 2.33 bits per heavy atom. The Morgan fingerprint density at radius 3 is 3.00 bits per heavy atom. The average molecular weight is 272 g/mol. The van der Waals surface area contributed by atoms with Crippen molar-refractivity contribution >= 4 is 28.3 Å². The Hall–Kier alpha value is -1.38. The first-order chi connectivity index (χ1) is 8.72. The van der Waals surface area contributed by atoms with Gasteiger partial charge in [0.25, 0.3) is 0 Å². The van der Waals surface area contributed by atoms with E-state index in [9.17, 15) is 4.79 Å². The standard InChI is InChI=1S/C10H16N4O3S/c1-2-17-10(15)7-8(11)13-18-9(7)12-14-3-5-16-6-4-14/h12H,2-6H2,1H3,(H2,11,13). The van der Waals surface area contributed by atoms with Crippen LogP contribution in [0, 0.1) is 0 Å². The number of hydrogen-bond donors (Lipinski definition) is 2. The second-order valence-corrected chi connectivity index (χ2v) is 4.48. The number of carbonyl (C=O) groups is 1. The molecule has 8 heteroatoms. The number of nitrogen functional groups attached to an aromatic ring is 1. The first-order valence-electron chi connectivity index (χ1n) is 5.74. The largest absolute Gasteiger partial charge is 0.462 e. The van der Waals surface area contributed by atoms with Crippen molar-refractivity contribution in [2.75, 3.05) is 44.1 Å². The molecule has 0 atom stereocenters. The Bertz CT molecular complexity index is 417. The van der Waals surface area contributed by atoms with Crippen LogP contribution in [0.1, 0.15) is 17.3 Å². The van der Waals surface area contributed by atoms with Gasteiger partial charge in [-0.2, -0.15) is 4.37 Å². The van der Waals surface area contributed by atoms with Gasteiger partial charge in [-0.15, -0.1) is 0 Å². The maximum atomic E-state index is 11.8. The lowest BCUT2D eigenvalue weighted by Crippen LogP contribution is -2.40. The Balaban J connectivity index is 2.09. The van der Waals surface area contributed by atoms with Crippen molar-refractivity contribution < 1.29 is 14.3 Å². The molecule has 0 spiro atoms. The third-order valence-electron chi connectivity index (χ3n) is 2.47. The summed E-state index contributed by atoms with van der Waals surface area (Å²) in [5.41, 5.74) is 9.14. The number of ether oxygens (including phenoxy) is 2. The second-order valence-electron chi connectivity index (χ2n) is 3.70. The predicted octanol–water partition coefficient (Wildman–Crippen LogP) is 0.561. The molecule has 18 heavy (non-hydrogen) atoms. The van der Waals surface area contributed by atoms with Gasteiger partial charge in [0.15, 0.2) is 5.82 Å². The summed E-state index contributed by atoms with van der Waals surface area (Å²) in [5, 5.41) is 2.59. The fourth-order valence-electron chi connectivity index (χ4n) is 1.60. The van der Waals surface area contributed by atoms with Crippen LogP contribution in [0.2, 0.25) is 0 Å². The van der Waals surface area contributed by atoms with Gasteiger partial charge in [-0.25, -0.2) is 9.80 Å². The minimum absolute atomic E-state index is 0.203. The molecule has 2 rings (SSSR count). The van der Waals surface area contributed by atoms with Crippen molar-refractivity contribution in [3.8, 4) is 0 Å². The van der Waals surface area contributed by atoms with Crippen LogP contribution in [-0.2, 0) is 9.47 Å². The molecule has 1 aromatic heterocycles. The number of aromatic nitrogens is 1. The quantitative estimate of drug-likeness (QED) is 0.774. The molecule has 1 aromatic rings. The first-order valence-corrected chi connectivity index (χ1v) is 6.51. The third kappa shape index (κ3) is 2.89. The zero-order valence-corrected chi connectivity index (χ0v) is 11.0. The molecule has 3 N–H and O–H groups in total. The lowest BCUT2D eigenvalue weighted by atomic mass is 10.3. The van der Waals surface area contributed by atoms with E-state index < -0.39 is 5.97 Å². The minimum Gasteiger partial charge on any atom is -0.462 e. The summed E-state index contributed by atoms with van der Waals surface area (Å²) in [5.74, 6) is -0.242. The van der Waals surface area contributed by atoms with Crippen LogP contribution in [0.25, 0.3) is 0 Å². The number of carbonyl (C=O) groups excluding carboxylic acids is 1. The minimum atomic E-state index is -0.445. The smallest absolute Gasteiger partial charge is 0.345 e. The molecule has 1 fully saturated rings. The predicted molar refractivity (Wildman–Crippen MR) is 68.5 cm³/mol. The SMILES string of the molecule is CCOC(=O)c1c(N)nsc1NN1CCOCC1. The van der Waals surface area contributed by atoms with Crippen LogP contribution in [0.15, 0.2) is 0 Å². The Morgan fingerprint density at radius 1 is 1.61 bits per heavy atom. The van der Waals surface area contributed by atoms with E-state index in [-0.39, 0.29) is 5.82 Å². The summed E-state index contributed by atoms with van der Waals surface area (Å²) in [4.78, 5) is 11.8. The van der Waals surface area contributed by atoms with Gasteiger partial charge in [0, 0.05) is 13.1 Å². The number of rotatable bonds is 4. The van der Waals surface area contributed by atoms with Crippen LogP contribution in [0.4, 0.5) is 10.8 Å². The molecule has 100 valence electrons. The van der Waals surface area contributed by atoms with E-state index in [1.54, 1.807) is 6.92 Å².